The van der Waals surface area contributed by atoms with E-state index in [1.807, 2.05) is 24.3 Å². The van der Waals surface area contributed by atoms with Crippen molar-refractivity contribution in [3.05, 3.63) is 58.0 Å². The highest BCUT2D eigenvalue weighted by Gasteiger charge is 2.18. The predicted octanol–water partition coefficient (Wildman–Crippen LogP) is 4.91. The summed E-state index contributed by atoms with van der Waals surface area (Å²) in [6.45, 7) is 7.25. The number of hydrogen-bond donors (Lipinski definition) is 1. The molecule has 1 heterocycles. The number of fused-ring (bicyclic) bond motifs is 1. The minimum Gasteiger partial charge on any atom is -0.340 e. The van der Waals surface area contributed by atoms with E-state index in [0.717, 1.165) is 42.8 Å². The van der Waals surface area contributed by atoms with Gasteiger partial charge in [-0.15, -0.1) is 0 Å². The SMILES string of the molecule is [C-]#[N+]c1cnc(Nc2cccc(Cl)c2)c2c1CCCC2. The molecule has 0 aliphatic heterocycles. The van der Waals surface area contributed by atoms with Gasteiger partial charge in [0.25, 0.3) is 0 Å². The van der Waals surface area contributed by atoms with Crippen LogP contribution < -0.4 is 5.32 Å². The van der Waals surface area contributed by atoms with Gasteiger partial charge in [0, 0.05) is 16.9 Å². The van der Waals surface area contributed by atoms with Gasteiger partial charge in [-0.1, -0.05) is 24.1 Å². The molecule has 1 aliphatic rings. The zero-order chi connectivity index (χ0) is 13.9. The summed E-state index contributed by atoms with van der Waals surface area (Å²) in [6, 6.07) is 7.59. The monoisotopic (exact) mass is 283 g/mol. The normalized spacial score (nSPS) is 13.4. The Kier molecular flexibility index (Phi) is 3.58. The largest absolute Gasteiger partial charge is 0.340 e. The molecule has 2 aromatic rings. The molecule has 0 amide bonds. The van der Waals surface area contributed by atoms with Gasteiger partial charge in [0.05, 0.1) is 6.57 Å². The molecule has 0 bridgehead atoms. The van der Waals surface area contributed by atoms with E-state index in [2.05, 4.69) is 15.1 Å². The Bertz CT molecular complexity index is 689. The number of nitrogens with zero attached hydrogens (tertiary/aromatic N) is 2. The molecule has 1 aliphatic carbocycles. The van der Waals surface area contributed by atoms with E-state index in [-0.39, 0.29) is 0 Å². The molecule has 20 heavy (non-hydrogen) atoms. The molecule has 1 aromatic carbocycles. The maximum Gasteiger partial charge on any atom is 0.208 e. The number of halogens is 1. The summed E-state index contributed by atoms with van der Waals surface area (Å²) in [6.07, 6.45) is 5.93. The van der Waals surface area contributed by atoms with Gasteiger partial charge in [-0.2, -0.15) is 0 Å². The van der Waals surface area contributed by atoms with E-state index < -0.39 is 0 Å². The lowest BCUT2D eigenvalue weighted by Crippen LogP contribution is -2.08. The molecule has 0 spiro atoms. The van der Waals surface area contributed by atoms with Crippen molar-refractivity contribution < 1.29 is 0 Å². The Labute approximate surface area is 123 Å². The molecule has 0 saturated carbocycles. The van der Waals surface area contributed by atoms with Crippen LogP contribution in [0.4, 0.5) is 17.2 Å². The van der Waals surface area contributed by atoms with Crippen LogP contribution in [-0.4, -0.2) is 4.98 Å². The lowest BCUT2D eigenvalue weighted by Gasteiger charge is -2.20. The second-order valence-corrected chi connectivity index (χ2v) is 5.34. The summed E-state index contributed by atoms with van der Waals surface area (Å²) in [5, 5.41) is 4.02. The van der Waals surface area contributed by atoms with E-state index in [9.17, 15) is 0 Å². The molecular weight excluding hydrogens is 270 g/mol. The fourth-order valence-corrected chi connectivity index (χ4v) is 2.83. The van der Waals surface area contributed by atoms with Gasteiger partial charge in [-0.05, 0) is 48.6 Å². The zero-order valence-electron chi connectivity index (χ0n) is 11.0. The van der Waals surface area contributed by atoms with Crippen molar-refractivity contribution in [3.8, 4) is 0 Å². The first-order chi connectivity index (χ1) is 9.78. The second kappa shape index (κ2) is 5.52. The number of hydrogen-bond acceptors (Lipinski definition) is 2. The third kappa shape index (κ3) is 2.48. The number of anilines is 2. The standard InChI is InChI=1S/C16H14ClN3/c1-18-15-10-19-16(14-8-3-2-7-13(14)15)20-12-6-4-5-11(17)9-12/h4-6,9-10H,2-3,7-8H2,(H,19,20). The van der Waals surface area contributed by atoms with Gasteiger partial charge in [-0.3, -0.25) is 4.98 Å². The molecule has 3 rings (SSSR count). The van der Waals surface area contributed by atoms with Crippen LogP contribution in [0.5, 0.6) is 0 Å². The Morgan fingerprint density at radius 1 is 1.20 bits per heavy atom. The average molecular weight is 284 g/mol. The Balaban J connectivity index is 2.00. The zero-order valence-corrected chi connectivity index (χ0v) is 11.7. The number of rotatable bonds is 2. The van der Waals surface area contributed by atoms with Crippen molar-refractivity contribution in [2.75, 3.05) is 5.32 Å². The first-order valence-corrected chi connectivity index (χ1v) is 7.06. The molecule has 100 valence electrons. The van der Waals surface area contributed by atoms with Crippen LogP contribution >= 0.6 is 11.6 Å². The summed E-state index contributed by atoms with van der Waals surface area (Å²) >= 11 is 6.00. The highest BCUT2D eigenvalue weighted by molar-refractivity contribution is 6.30. The fraction of sp³-hybridized carbons (Fsp3) is 0.250. The first-order valence-electron chi connectivity index (χ1n) is 6.69. The Hall–Kier alpha value is -2.05. The number of nitrogens with one attached hydrogen (secondary N) is 1. The first kappa shape index (κ1) is 13.0. The lowest BCUT2D eigenvalue weighted by molar-refractivity contribution is 0.686. The van der Waals surface area contributed by atoms with Crippen LogP contribution in [0.2, 0.25) is 5.02 Å². The van der Waals surface area contributed by atoms with E-state index in [1.165, 1.54) is 5.56 Å². The van der Waals surface area contributed by atoms with Crippen LogP contribution in [0, 0.1) is 6.57 Å². The number of aromatic nitrogens is 1. The molecule has 0 radical (unpaired) electrons. The maximum absolute atomic E-state index is 7.25. The van der Waals surface area contributed by atoms with Crippen LogP contribution in [0.3, 0.4) is 0 Å². The third-order valence-electron chi connectivity index (χ3n) is 3.59. The van der Waals surface area contributed by atoms with Crippen molar-refractivity contribution in [1.29, 1.82) is 0 Å². The third-order valence-corrected chi connectivity index (χ3v) is 3.82. The fourth-order valence-electron chi connectivity index (χ4n) is 2.64. The molecule has 3 nitrogen and oxygen atoms in total. The minimum absolute atomic E-state index is 0.691. The quantitative estimate of drug-likeness (QED) is 0.794. The lowest BCUT2D eigenvalue weighted by atomic mass is 9.91. The van der Waals surface area contributed by atoms with Gasteiger partial charge in [-0.25, -0.2) is 4.85 Å². The summed E-state index contributed by atoms with van der Waals surface area (Å²) in [5.74, 6) is 0.856. The summed E-state index contributed by atoms with van der Waals surface area (Å²) in [5.41, 5.74) is 3.96. The summed E-state index contributed by atoms with van der Waals surface area (Å²) in [4.78, 5) is 8.00. The molecule has 0 fully saturated rings. The highest BCUT2D eigenvalue weighted by atomic mass is 35.5. The minimum atomic E-state index is 0.691. The maximum atomic E-state index is 7.25. The van der Waals surface area contributed by atoms with Crippen molar-refractivity contribution in [1.82, 2.24) is 4.98 Å². The molecular formula is C16H14ClN3. The van der Waals surface area contributed by atoms with Crippen molar-refractivity contribution >= 4 is 28.8 Å². The van der Waals surface area contributed by atoms with E-state index in [4.69, 9.17) is 18.2 Å². The topological polar surface area (TPSA) is 29.3 Å². The van der Waals surface area contributed by atoms with E-state index in [1.54, 1.807) is 6.20 Å². The molecule has 0 atom stereocenters. The molecule has 4 heteroatoms. The van der Waals surface area contributed by atoms with Crippen LogP contribution in [0.1, 0.15) is 24.0 Å². The van der Waals surface area contributed by atoms with Crippen LogP contribution in [-0.2, 0) is 12.8 Å². The van der Waals surface area contributed by atoms with Gasteiger partial charge < -0.3 is 5.32 Å². The Morgan fingerprint density at radius 3 is 2.75 bits per heavy atom. The van der Waals surface area contributed by atoms with Crippen molar-refractivity contribution in [3.63, 3.8) is 0 Å². The average Bonchev–Trinajstić information content (AvgIpc) is 2.48. The van der Waals surface area contributed by atoms with Crippen molar-refractivity contribution in [2.45, 2.75) is 25.7 Å². The summed E-state index contributed by atoms with van der Waals surface area (Å²) < 4.78 is 0. The van der Waals surface area contributed by atoms with Gasteiger partial charge in [0.2, 0.25) is 5.69 Å². The van der Waals surface area contributed by atoms with Crippen LogP contribution in [0.25, 0.3) is 4.85 Å². The van der Waals surface area contributed by atoms with Crippen molar-refractivity contribution in [2.24, 2.45) is 0 Å². The van der Waals surface area contributed by atoms with Gasteiger partial charge >= 0.3 is 0 Å². The van der Waals surface area contributed by atoms with Gasteiger partial charge in [0.15, 0.2) is 0 Å². The van der Waals surface area contributed by atoms with E-state index in [0.29, 0.717) is 10.7 Å². The number of benzene rings is 1. The molecule has 1 aromatic heterocycles. The van der Waals surface area contributed by atoms with E-state index >= 15 is 0 Å². The van der Waals surface area contributed by atoms with Gasteiger partial charge in [0.1, 0.15) is 5.82 Å². The highest BCUT2D eigenvalue weighted by Crippen LogP contribution is 2.34. The smallest absolute Gasteiger partial charge is 0.208 e. The molecule has 0 unspecified atom stereocenters. The molecule has 1 N–H and O–H groups in total. The second-order valence-electron chi connectivity index (χ2n) is 4.90. The number of pyridine rings is 1. The summed E-state index contributed by atoms with van der Waals surface area (Å²) in [7, 11) is 0. The van der Waals surface area contributed by atoms with Crippen LogP contribution in [0.15, 0.2) is 30.5 Å². The predicted molar refractivity (Wildman–Crippen MR) is 81.9 cm³/mol. The molecule has 0 saturated heterocycles. The Morgan fingerprint density at radius 2 is 2.00 bits per heavy atom.